The van der Waals surface area contributed by atoms with Crippen molar-refractivity contribution < 1.29 is 9.26 Å². The Labute approximate surface area is 183 Å². The highest BCUT2D eigenvalue weighted by atomic mass is 16.5. The number of nitriles is 1. The number of benzene rings is 2. The first-order valence-corrected chi connectivity index (χ1v) is 11.0. The van der Waals surface area contributed by atoms with Crippen LogP contribution in [0, 0.1) is 11.3 Å². The number of nitrogens with zero attached hydrogens (tertiary/aromatic N) is 3. The number of ether oxygens (including phenoxy) is 1. The van der Waals surface area contributed by atoms with E-state index in [1.165, 1.54) is 11.1 Å². The van der Waals surface area contributed by atoms with Crippen molar-refractivity contribution in [3.63, 3.8) is 0 Å². The van der Waals surface area contributed by atoms with Crippen LogP contribution in [0.4, 0.5) is 0 Å². The quantitative estimate of drug-likeness (QED) is 0.552. The lowest BCUT2D eigenvalue weighted by Crippen LogP contribution is -2.26. The monoisotopic (exact) mass is 416 g/mol. The normalized spacial score (nSPS) is 15.5. The van der Waals surface area contributed by atoms with Gasteiger partial charge in [-0.2, -0.15) is 10.2 Å². The molecule has 0 radical (unpaired) electrons. The standard InChI is InChI=1S/C25H28N4O2/c1-4-13-27-22-10-6-7-19-20(22)8-5-9-21(19)24-28-25(31-29-24)17-11-12-23(30-16(2)3)18(14-17)15-26/h5,8-9,11-12,14,16,22,27H,4,6-7,10,13H2,1-3H3/t22-/m0/s1. The largest absolute Gasteiger partial charge is 0.490 e. The Morgan fingerprint density at radius 2 is 2.16 bits per heavy atom. The Morgan fingerprint density at radius 1 is 1.29 bits per heavy atom. The molecule has 1 heterocycles. The molecule has 1 aromatic heterocycles. The number of rotatable bonds is 7. The van der Waals surface area contributed by atoms with Gasteiger partial charge in [0.15, 0.2) is 0 Å². The minimum absolute atomic E-state index is 0.00661. The lowest BCUT2D eigenvalue weighted by molar-refractivity contribution is 0.241. The van der Waals surface area contributed by atoms with Gasteiger partial charge in [-0.1, -0.05) is 30.3 Å². The van der Waals surface area contributed by atoms with Crippen LogP contribution in [0.2, 0.25) is 0 Å². The van der Waals surface area contributed by atoms with E-state index in [0.29, 0.717) is 34.6 Å². The fourth-order valence-electron chi connectivity index (χ4n) is 4.15. The number of aromatic nitrogens is 2. The molecule has 1 N–H and O–H groups in total. The second-order valence-corrected chi connectivity index (χ2v) is 8.18. The molecular formula is C25H28N4O2. The fraction of sp³-hybridized carbons (Fsp3) is 0.400. The summed E-state index contributed by atoms with van der Waals surface area (Å²) in [6, 6.07) is 14.3. The summed E-state index contributed by atoms with van der Waals surface area (Å²) in [5, 5.41) is 17.4. The van der Waals surface area contributed by atoms with E-state index in [4.69, 9.17) is 9.26 Å². The topological polar surface area (TPSA) is 84.0 Å². The van der Waals surface area contributed by atoms with Gasteiger partial charge in [-0.05, 0) is 75.4 Å². The lowest BCUT2D eigenvalue weighted by atomic mass is 9.84. The SMILES string of the molecule is CCCN[C@H]1CCCc2c(-c3noc(-c4ccc(OC(C)C)c(C#N)c4)n3)cccc21. The minimum atomic E-state index is -0.00661. The van der Waals surface area contributed by atoms with Crippen LogP contribution in [0.3, 0.4) is 0 Å². The third-order valence-electron chi connectivity index (χ3n) is 5.52. The van der Waals surface area contributed by atoms with E-state index in [0.717, 1.165) is 37.8 Å². The van der Waals surface area contributed by atoms with Gasteiger partial charge < -0.3 is 14.6 Å². The van der Waals surface area contributed by atoms with Gasteiger partial charge in [-0.25, -0.2) is 0 Å². The summed E-state index contributed by atoms with van der Waals surface area (Å²) in [7, 11) is 0. The Kier molecular flexibility index (Phi) is 6.34. The van der Waals surface area contributed by atoms with Gasteiger partial charge in [0.1, 0.15) is 11.8 Å². The van der Waals surface area contributed by atoms with Crippen LogP contribution in [-0.2, 0) is 6.42 Å². The Bertz CT molecular complexity index is 1100. The van der Waals surface area contributed by atoms with E-state index in [-0.39, 0.29) is 6.10 Å². The van der Waals surface area contributed by atoms with Crippen LogP contribution in [0.15, 0.2) is 40.9 Å². The molecule has 4 rings (SSSR count). The van der Waals surface area contributed by atoms with E-state index < -0.39 is 0 Å². The average Bonchev–Trinajstić information content (AvgIpc) is 3.27. The summed E-state index contributed by atoms with van der Waals surface area (Å²) in [6.45, 7) is 7.07. The molecule has 1 atom stereocenters. The molecule has 160 valence electrons. The molecule has 6 nitrogen and oxygen atoms in total. The molecule has 31 heavy (non-hydrogen) atoms. The average molecular weight is 417 g/mol. The second kappa shape index (κ2) is 9.32. The van der Waals surface area contributed by atoms with Crippen molar-refractivity contribution >= 4 is 0 Å². The number of hydrogen-bond donors (Lipinski definition) is 1. The van der Waals surface area contributed by atoms with Crippen LogP contribution < -0.4 is 10.1 Å². The molecule has 0 fully saturated rings. The number of nitrogens with one attached hydrogen (secondary N) is 1. The number of fused-ring (bicyclic) bond motifs is 1. The van der Waals surface area contributed by atoms with Gasteiger partial charge in [0.25, 0.3) is 5.89 Å². The maximum atomic E-state index is 9.50. The molecule has 0 aliphatic heterocycles. The van der Waals surface area contributed by atoms with E-state index >= 15 is 0 Å². The van der Waals surface area contributed by atoms with E-state index in [2.05, 4.69) is 46.6 Å². The summed E-state index contributed by atoms with van der Waals surface area (Å²) in [5.74, 6) is 1.55. The van der Waals surface area contributed by atoms with Crippen LogP contribution in [-0.4, -0.2) is 22.8 Å². The van der Waals surface area contributed by atoms with Crippen LogP contribution >= 0.6 is 0 Å². The smallest absolute Gasteiger partial charge is 0.258 e. The highest BCUT2D eigenvalue weighted by Gasteiger charge is 2.24. The summed E-state index contributed by atoms with van der Waals surface area (Å²) in [6.07, 6.45) is 4.41. The predicted molar refractivity (Wildman–Crippen MR) is 120 cm³/mol. The van der Waals surface area contributed by atoms with Gasteiger partial charge in [0, 0.05) is 17.2 Å². The van der Waals surface area contributed by atoms with Crippen molar-refractivity contribution in [2.75, 3.05) is 6.54 Å². The Morgan fingerprint density at radius 3 is 2.94 bits per heavy atom. The molecule has 1 aliphatic rings. The zero-order chi connectivity index (χ0) is 21.8. The maximum Gasteiger partial charge on any atom is 0.258 e. The summed E-state index contributed by atoms with van der Waals surface area (Å²) >= 11 is 0. The molecule has 2 aromatic carbocycles. The molecule has 0 spiro atoms. The predicted octanol–water partition coefficient (Wildman–Crippen LogP) is 5.44. The number of hydrogen-bond acceptors (Lipinski definition) is 6. The van der Waals surface area contributed by atoms with Gasteiger partial charge in [-0.3, -0.25) is 0 Å². The van der Waals surface area contributed by atoms with E-state index in [1.54, 1.807) is 12.1 Å². The van der Waals surface area contributed by atoms with Gasteiger partial charge in [0.2, 0.25) is 5.82 Å². The van der Waals surface area contributed by atoms with Crippen LogP contribution in [0.1, 0.15) is 62.8 Å². The van der Waals surface area contributed by atoms with Crippen molar-refractivity contribution in [1.82, 2.24) is 15.5 Å². The molecular weight excluding hydrogens is 388 g/mol. The molecule has 0 unspecified atom stereocenters. The van der Waals surface area contributed by atoms with Crippen molar-refractivity contribution in [3.05, 3.63) is 53.1 Å². The highest BCUT2D eigenvalue weighted by molar-refractivity contribution is 5.66. The van der Waals surface area contributed by atoms with E-state index in [1.807, 2.05) is 19.9 Å². The second-order valence-electron chi connectivity index (χ2n) is 8.18. The van der Waals surface area contributed by atoms with Gasteiger partial charge in [0.05, 0.1) is 11.7 Å². The van der Waals surface area contributed by atoms with Gasteiger partial charge in [-0.15, -0.1) is 0 Å². The van der Waals surface area contributed by atoms with Crippen LogP contribution in [0.25, 0.3) is 22.8 Å². The first-order chi connectivity index (χ1) is 15.1. The zero-order valence-corrected chi connectivity index (χ0v) is 18.3. The van der Waals surface area contributed by atoms with Crippen molar-refractivity contribution in [1.29, 1.82) is 5.26 Å². The first kappa shape index (κ1) is 21.1. The molecule has 1 aliphatic carbocycles. The Hall–Kier alpha value is -3.17. The third kappa shape index (κ3) is 4.47. The van der Waals surface area contributed by atoms with Crippen molar-refractivity contribution in [3.8, 4) is 34.7 Å². The summed E-state index contributed by atoms with van der Waals surface area (Å²) in [5.41, 5.74) is 4.82. The first-order valence-electron chi connectivity index (χ1n) is 11.0. The highest BCUT2D eigenvalue weighted by Crippen LogP contribution is 2.36. The fourth-order valence-corrected chi connectivity index (χ4v) is 4.15. The van der Waals surface area contributed by atoms with Crippen LogP contribution in [0.5, 0.6) is 5.75 Å². The molecule has 6 heteroatoms. The molecule has 0 saturated carbocycles. The lowest BCUT2D eigenvalue weighted by Gasteiger charge is -2.27. The van der Waals surface area contributed by atoms with Crippen molar-refractivity contribution in [2.24, 2.45) is 0 Å². The summed E-state index contributed by atoms with van der Waals surface area (Å²) < 4.78 is 11.3. The molecule has 3 aromatic rings. The zero-order valence-electron chi connectivity index (χ0n) is 18.3. The summed E-state index contributed by atoms with van der Waals surface area (Å²) in [4.78, 5) is 4.66. The molecule has 0 bridgehead atoms. The minimum Gasteiger partial charge on any atom is -0.490 e. The Balaban J connectivity index is 1.65. The van der Waals surface area contributed by atoms with Crippen molar-refractivity contribution in [2.45, 2.75) is 58.6 Å². The van der Waals surface area contributed by atoms with E-state index in [9.17, 15) is 5.26 Å². The van der Waals surface area contributed by atoms with Gasteiger partial charge >= 0.3 is 0 Å². The maximum absolute atomic E-state index is 9.50. The molecule has 0 saturated heterocycles. The third-order valence-corrected chi connectivity index (χ3v) is 5.52. The molecule has 0 amide bonds.